The number of piperidine rings is 1. The van der Waals surface area contributed by atoms with E-state index in [9.17, 15) is 24.3 Å². The summed E-state index contributed by atoms with van der Waals surface area (Å²) < 4.78 is 11.3. The van der Waals surface area contributed by atoms with Crippen molar-refractivity contribution in [2.45, 2.75) is 76.6 Å². The van der Waals surface area contributed by atoms with E-state index in [1.165, 1.54) is 13.0 Å². The average Bonchev–Trinajstić information content (AvgIpc) is 2.94. The first kappa shape index (κ1) is 30.2. The number of aliphatic hydroxyl groups excluding tert-OH is 1. The topological polar surface area (TPSA) is 147 Å². The van der Waals surface area contributed by atoms with Crippen LogP contribution < -0.4 is 10.6 Å². The molecule has 2 aromatic rings. The van der Waals surface area contributed by atoms with E-state index < -0.39 is 61.0 Å². The van der Waals surface area contributed by atoms with Gasteiger partial charge in [0, 0.05) is 5.56 Å². The number of pyridine rings is 1. The molecular formula is C29H37BN4O7. The summed E-state index contributed by atoms with van der Waals surface area (Å²) in [6, 6.07) is 11.8. The van der Waals surface area contributed by atoms with Gasteiger partial charge in [0.25, 0.3) is 5.91 Å². The standard InChI is InChI=1S/C29H37BN4O7/c1-17(2)16-24(30-40-28(38)22-14-9-15-23(34(22)4)29(39)41-30)32-27(37)25(18(3)35)33-26(36)21-13-8-12-20(31-21)19-10-6-5-7-11-19/h5-8,10-13,17-18,22-25,35H,9,14-16H2,1-4H3,(H,32,37)(H,33,36)/t18?,22-,23-,24?,25?/m1/s1. The van der Waals surface area contributed by atoms with E-state index in [-0.39, 0.29) is 11.6 Å². The number of aromatic nitrogens is 1. The van der Waals surface area contributed by atoms with Gasteiger partial charge in [-0.1, -0.05) is 50.2 Å². The third kappa shape index (κ3) is 7.31. The van der Waals surface area contributed by atoms with Gasteiger partial charge in [0.15, 0.2) is 0 Å². The number of likely N-dealkylation sites (N-methyl/N-ethyl adjacent to an activating group) is 1. The van der Waals surface area contributed by atoms with Crippen LogP contribution in [-0.4, -0.2) is 83.1 Å². The number of benzene rings is 1. The van der Waals surface area contributed by atoms with E-state index in [2.05, 4.69) is 15.6 Å². The molecule has 0 spiro atoms. The first-order chi connectivity index (χ1) is 19.5. The average molecular weight is 564 g/mol. The highest BCUT2D eigenvalue weighted by Gasteiger charge is 2.48. The van der Waals surface area contributed by atoms with E-state index >= 15 is 0 Å². The van der Waals surface area contributed by atoms with E-state index in [4.69, 9.17) is 9.31 Å². The minimum atomic E-state index is -1.36. The van der Waals surface area contributed by atoms with E-state index in [0.717, 1.165) is 5.56 Å². The van der Waals surface area contributed by atoms with Crippen molar-refractivity contribution in [3.8, 4) is 11.3 Å². The Balaban J connectivity index is 1.51. The number of amides is 2. The van der Waals surface area contributed by atoms with Crippen LogP contribution in [-0.2, 0) is 23.7 Å². The Labute approximate surface area is 240 Å². The van der Waals surface area contributed by atoms with Gasteiger partial charge in [-0.25, -0.2) is 4.98 Å². The van der Waals surface area contributed by atoms with Crippen molar-refractivity contribution >= 4 is 30.9 Å². The van der Waals surface area contributed by atoms with Gasteiger partial charge in [-0.05, 0) is 57.7 Å². The molecule has 12 heteroatoms. The molecule has 2 amide bonds. The van der Waals surface area contributed by atoms with Crippen LogP contribution >= 0.6 is 0 Å². The number of hydrogen-bond acceptors (Lipinski definition) is 9. The molecule has 41 heavy (non-hydrogen) atoms. The quantitative estimate of drug-likeness (QED) is 0.388. The third-order valence-electron chi connectivity index (χ3n) is 7.43. The van der Waals surface area contributed by atoms with Crippen molar-refractivity contribution < 1.29 is 33.6 Å². The van der Waals surface area contributed by atoms with Crippen LogP contribution in [0.2, 0.25) is 0 Å². The zero-order chi connectivity index (χ0) is 29.7. The lowest BCUT2D eigenvalue weighted by molar-refractivity contribution is -0.157. The summed E-state index contributed by atoms with van der Waals surface area (Å²) >= 11 is 0. The largest absolute Gasteiger partial charge is 0.622 e. The first-order valence-corrected chi connectivity index (χ1v) is 14.0. The Bertz CT molecular complexity index is 1230. The number of aliphatic hydroxyl groups is 1. The predicted octanol–water partition coefficient (Wildman–Crippen LogP) is 1.74. The van der Waals surface area contributed by atoms with Crippen LogP contribution in [0.1, 0.15) is 56.9 Å². The molecule has 5 atom stereocenters. The minimum Gasteiger partial charge on any atom is -0.497 e. The predicted molar refractivity (Wildman–Crippen MR) is 151 cm³/mol. The highest BCUT2D eigenvalue weighted by atomic mass is 16.6. The zero-order valence-corrected chi connectivity index (χ0v) is 23.8. The van der Waals surface area contributed by atoms with Crippen molar-refractivity contribution in [3.05, 3.63) is 54.2 Å². The fourth-order valence-electron chi connectivity index (χ4n) is 5.24. The van der Waals surface area contributed by atoms with Crippen molar-refractivity contribution in [3.63, 3.8) is 0 Å². The van der Waals surface area contributed by atoms with Crippen LogP contribution in [0.15, 0.2) is 48.5 Å². The van der Waals surface area contributed by atoms with Gasteiger partial charge < -0.3 is 25.0 Å². The molecule has 0 aliphatic carbocycles. The fraction of sp³-hybridized carbons (Fsp3) is 0.483. The monoisotopic (exact) mass is 564 g/mol. The van der Waals surface area contributed by atoms with E-state index in [0.29, 0.717) is 31.4 Å². The second kappa shape index (κ2) is 13.3. The molecule has 1 aromatic carbocycles. The van der Waals surface area contributed by atoms with E-state index in [1.807, 2.05) is 44.2 Å². The summed E-state index contributed by atoms with van der Waals surface area (Å²) in [6.07, 6.45) is 0.847. The van der Waals surface area contributed by atoms with Gasteiger partial charge in [0.1, 0.15) is 23.8 Å². The van der Waals surface area contributed by atoms with Gasteiger partial charge in [-0.2, -0.15) is 0 Å². The summed E-state index contributed by atoms with van der Waals surface area (Å²) in [4.78, 5) is 58.6. The molecule has 3 unspecified atom stereocenters. The molecule has 2 saturated heterocycles. The van der Waals surface area contributed by atoms with Gasteiger partial charge in [0.2, 0.25) is 5.91 Å². The number of carbonyl (C=O) groups is 4. The molecule has 0 radical (unpaired) electrons. The maximum atomic E-state index is 13.4. The molecule has 3 N–H and O–H groups in total. The molecule has 1 aromatic heterocycles. The van der Waals surface area contributed by atoms with Crippen molar-refractivity contribution in [2.75, 3.05) is 7.05 Å². The number of hydrogen-bond donors (Lipinski definition) is 3. The lowest BCUT2D eigenvalue weighted by Gasteiger charge is -2.40. The molecule has 0 saturated carbocycles. The SMILES string of the molecule is CC(C)CC(NC(=O)C(NC(=O)c1cccc(-c2ccccc2)n1)C(C)O)B1OC(=O)[C@H]2CCC[C@H](C(=O)O1)N2C. The summed E-state index contributed by atoms with van der Waals surface area (Å²) in [6.45, 7) is 5.20. The molecule has 3 heterocycles. The van der Waals surface area contributed by atoms with Gasteiger partial charge in [-0.3, -0.25) is 24.1 Å². The van der Waals surface area contributed by atoms with Crippen LogP contribution in [0.3, 0.4) is 0 Å². The second-order valence-electron chi connectivity index (χ2n) is 11.1. The number of fused-ring (bicyclic) bond motifs is 2. The summed E-state index contributed by atoms with van der Waals surface area (Å²) in [5.41, 5.74) is 1.47. The number of carbonyl (C=O) groups excluding carboxylic acids is 4. The molecule has 218 valence electrons. The van der Waals surface area contributed by atoms with Gasteiger partial charge >= 0.3 is 19.1 Å². The van der Waals surface area contributed by atoms with Crippen LogP contribution in [0.25, 0.3) is 11.3 Å². The normalized spacial score (nSPS) is 21.6. The number of nitrogens with zero attached hydrogens (tertiary/aromatic N) is 2. The van der Waals surface area contributed by atoms with Crippen LogP contribution in [0.5, 0.6) is 0 Å². The lowest BCUT2D eigenvalue weighted by atomic mass is 9.72. The highest BCUT2D eigenvalue weighted by molar-refractivity contribution is 6.51. The summed E-state index contributed by atoms with van der Waals surface area (Å²) in [5.74, 6) is -3.30. The minimum absolute atomic E-state index is 0.0230. The number of rotatable bonds is 9. The summed E-state index contributed by atoms with van der Waals surface area (Å²) in [7, 11) is 0.345. The Kier molecular flexibility index (Phi) is 9.77. The van der Waals surface area contributed by atoms with Crippen molar-refractivity contribution in [1.82, 2.24) is 20.5 Å². The zero-order valence-electron chi connectivity index (χ0n) is 23.8. The maximum absolute atomic E-state index is 13.4. The van der Waals surface area contributed by atoms with Crippen molar-refractivity contribution in [1.29, 1.82) is 0 Å². The Hall–Kier alpha value is -3.77. The van der Waals surface area contributed by atoms with Crippen molar-refractivity contribution in [2.24, 2.45) is 5.92 Å². The fourth-order valence-corrected chi connectivity index (χ4v) is 5.24. The summed E-state index contributed by atoms with van der Waals surface area (Å²) in [5, 5.41) is 15.8. The third-order valence-corrected chi connectivity index (χ3v) is 7.43. The molecular weight excluding hydrogens is 527 g/mol. The molecule has 2 aliphatic rings. The molecule has 2 bridgehead atoms. The highest BCUT2D eigenvalue weighted by Crippen LogP contribution is 2.27. The van der Waals surface area contributed by atoms with E-state index in [1.54, 1.807) is 24.1 Å². The van der Waals surface area contributed by atoms with Gasteiger partial charge in [-0.15, -0.1) is 0 Å². The molecule has 11 nitrogen and oxygen atoms in total. The molecule has 2 aliphatic heterocycles. The lowest BCUT2D eigenvalue weighted by Crippen LogP contribution is -2.62. The Morgan fingerprint density at radius 3 is 2.22 bits per heavy atom. The second-order valence-corrected chi connectivity index (χ2v) is 11.1. The smallest absolute Gasteiger partial charge is 0.497 e. The first-order valence-electron chi connectivity index (χ1n) is 14.0. The Morgan fingerprint density at radius 2 is 1.63 bits per heavy atom. The molecule has 2 fully saturated rings. The van der Waals surface area contributed by atoms with Gasteiger partial charge in [0.05, 0.1) is 17.7 Å². The Morgan fingerprint density at radius 1 is 1.00 bits per heavy atom. The molecule has 4 rings (SSSR count). The van der Waals surface area contributed by atoms with Crippen LogP contribution in [0, 0.1) is 5.92 Å². The maximum Gasteiger partial charge on any atom is 0.622 e. The number of nitrogens with one attached hydrogen (secondary N) is 2. The van der Waals surface area contributed by atoms with Crippen LogP contribution in [0.4, 0.5) is 0 Å².